The maximum Gasteiger partial charge on any atom is 0.279 e. The van der Waals surface area contributed by atoms with Crippen LogP contribution in [0.2, 0.25) is 0 Å². The Kier molecular flexibility index (Phi) is 8.41. The van der Waals surface area contributed by atoms with Gasteiger partial charge in [-0.2, -0.15) is 0 Å². The van der Waals surface area contributed by atoms with Gasteiger partial charge in [0, 0.05) is 12.5 Å². The van der Waals surface area contributed by atoms with Gasteiger partial charge in [0.15, 0.2) is 30.0 Å². The van der Waals surface area contributed by atoms with Gasteiger partial charge in [0.1, 0.15) is 0 Å². The molecule has 5 nitrogen and oxygen atoms in total. The molecular weight excluding hydrogens is 395 g/mol. The summed E-state index contributed by atoms with van der Waals surface area (Å²) in [6.07, 6.45) is 0.865. The Labute approximate surface area is 174 Å². The first-order chi connectivity index (χ1) is 14.2. The van der Waals surface area contributed by atoms with Gasteiger partial charge >= 0.3 is 0 Å². The molecule has 0 aliphatic heterocycles. The van der Waals surface area contributed by atoms with Crippen LogP contribution in [0.25, 0.3) is 0 Å². The van der Waals surface area contributed by atoms with Crippen LogP contribution in [0.5, 0.6) is 0 Å². The van der Waals surface area contributed by atoms with E-state index in [0.717, 1.165) is 24.1 Å². The third-order valence-electron chi connectivity index (χ3n) is 5.17. The normalized spacial score (nSPS) is 13.9. The summed E-state index contributed by atoms with van der Waals surface area (Å²) in [6.45, 7) is 4.05. The van der Waals surface area contributed by atoms with Crippen LogP contribution in [0.1, 0.15) is 31.7 Å². The second kappa shape index (κ2) is 10.8. The fourth-order valence-corrected chi connectivity index (χ4v) is 3.05. The van der Waals surface area contributed by atoms with E-state index in [-0.39, 0.29) is 18.4 Å². The van der Waals surface area contributed by atoms with Gasteiger partial charge in [0.2, 0.25) is 0 Å². The first-order valence-corrected chi connectivity index (χ1v) is 9.82. The van der Waals surface area contributed by atoms with Gasteiger partial charge in [0.25, 0.3) is 11.8 Å². The lowest BCUT2D eigenvalue weighted by Crippen LogP contribution is -3.15. The molecule has 0 bridgehead atoms. The molecule has 0 aliphatic rings. The van der Waals surface area contributed by atoms with Gasteiger partial charge in [-0.3, -0.25) is 9.59 Å². The number of nitrogens with one attached hydrogen (secondary N) is 3. The molecule has 0 aromatic heterocycles. The van der Waals surface area contributed by atoms with Crippen molar-refractivity contribution < 1.29 is 27.7 Å². The third-order valence-corrected chi connectivity index (χ3v) is 5.17. The van der Waals surface area contributed by atoms with E-state index in [1.165, 1.54) is 0 Å². The van der Waals surface area contributed by atoms with Gasteiger partial charge in [-0.1, -0.05) is 37.3 Å². The zero-order valence-electron chi connectivity index (χ0n) is 17.3. The molecule has 8 heteroatoms. The van der Waals surface area contributed by atoms with E-state index < -0.39 is 35.1 Å². The Morgan fingerprint density at radius 3 is 2.33 bits per heavy atom. The highest BCUT2D eigenvalue weighted by Crippen LogP contribution is 2.19. The first-order valence-electron chi connectivity index (χ1n) is 9.82. The molecule has 0 radical (unpaired) electrons. The fourth-order valence-electron chi connectivity index (χ4n) is 3.05. The van der Waals surface area contributed by atoms with Crippen molar-refractivity contribution in [2.75, 3.05) is 25.5 Å². The summed E-state index contributed by atoms with van der Waals surface area (Å²) in [7, 11) is 1.65. The molecule has 162 valence electrons. The van der Waals surface area contributed by atoms with Crippen molar-refractivity contribution in [1.29, 1.82) is 0 Å². The number of rotatable bonds is 9. The quantitative estimate of drug-likeness (QED) is 0.543. The second-order valence-corrected chi connectivity index (χ2v) is 7.28. The molecule has 3 atom stereocenters. The molecule has 0 aliphatic carbocycles. The number of carbonyl (C=O) groups excluding carboxylic acids is 2. The van der Waals surface area contributed by atoms with Crippen LogP contribution in [-0.4, -0.2) is 38.0 Å². The van der Waals surface area contributed by atoms with Crippen LogP contribution in [-0.2, 0) is 9.59 Å². The lowest BCUT2D eigenvalue weighted by molar-refractivity contribution is -0.885. The van der Waals surface area contributed by atoms with Gasteiger partial charge < -0.3 is 15.5 Å². The molecule has 0 fully saturated rings. The van der Waals surface area contributed by atoms with Gasteiger partial charge in [-0.05, 0) is 31.0 Å². The Balaban J connectivity index is 1.88. The molecule has 30 heavy (non-hydrogen) atoms. The molecule has 1 unspecified atom stereocenters. The minimum absolute atomic E-state index is 0.150. The van der Waals surface area contributed by atoms with Gasteiger partial charge in [-0.25, -0.2) is 13.2 Å². The van der Waals surface area contributed by atoms with Crippen molar-refractivity contribution in [3.63, 3.8) is 0 Å². The molecule has 2 aromatic carbocycles. The molecule has 0 saturated carbocycles. The van der Waals surface area contributed by atoms with E-state index in [1.807, 2.05) is 37.3 Å². The lowest BCUT2D eigenvalue weighted by atomic mass is 9.96. The fraction of sp³-hybridized carbons (Fsp3) is 0.364. The highest BCUT2D eigenvalue weighted by Gasteiger charge is 2.25. The van der Waals surface area contributed by atoms with Crippen LogP contribution in [0.4, 0.5) is 18.9 Å². The first kappa shape index (κ1) is 23.4. The molecular formula is C22H27F3N3O2+. The minimum atomic E-state index is -1.65. The van der Waals surface area contributed by atoms with Crippen molar-refractivity contribution in [3.8, 4) is 0 Å². The average Bonchev–Trinajstić information content (AvgIpc) is 2.74. The van der Waals surface area contributed by atoms with Crippen molar-refractivity contribution in [1.82, 2.24) is 5.32 Å². The van der Waals surface area contributed by atoms with Crippen LogP contribution >= 0.6 is 0 Å². The smallest absolute Gasteiger partial charge is 0.279 e. The minimum Gasteiger partial charge on any atom is -0.350 e. The Morgan fingerprint density at radius 1 is 1.03 bits per heavy atom. The van der Waals surface area contributed by atoms with Crippen molar-refractivity contribution in [3.05, 3.63) is 65.5 Å². The zero-order valence-corrected chi connectivity index (χ0v) is 17.3. The summed E-state index contributed by atoms with van der Waals surface area (Å²) in [5, 5.41) is 5.13. The predicted molar refractivity (Wildman–Crippen MR) is 109 cm³/mol. The topological polar surface area (TPSA) is 62.6 Å². The number of hydrogen-bond donors (Lipinski definition) is 3. The summed E-state index contributed by atoms with van der Waals surface area (Å²) >= 11 is 0. The molecule has 2 amide bonds. The summed E-state index contributed by atoms with van der Waals surface area (Å²) in [5.74, 6) is -5.09. The summed E-state index contributed by atoms with van der Waals surface area (Å²) in [4.78, 5) is 25.2. The number of anilines is 1. The van der Waals surface area contributed by atoms with E-state index in [2.05, 4.69) is 10.6 Å². The van der Waals surface area contributed by atoms with E-state index in [1.54, 1.807) is 14.0 Å². The molecule has 0 spiro atoms. The number of quaternary nitrogens is 1. The maximum atomic E-state index is 13.7. The van der Waals surface area contributed by atoms with Crippen molar-refractivity contribution in [2.24, 2.45) is 0 Å². The maximum absolute atomic E-state index is 13.7. The number of hydrogen-bond acceptors (Lipinski definition) is 2. The van der Waals surface area contributed by atoms with Gasteiger partial charge in [-0.15, -0.1) is 0 Å². The SMILES string of the molecule is CC[C@@H](CNC(=O)[C@@H](C)[NH+](C)CC(=O)Nc1ccc(F)c(F)c1F)c1ccccc1. The molecule has 3 N–H and O–H groups in total. The van der Waals surface area contributed by atoms with E-state index in [0.29, 0.717) is 11.4 Å². The molecule has 2 aromatic rings. The monoisotopic (exact) mass is 422 g/mol. The van der Waals surface area contributed by atoms with Crippen molar-refractivity contribution >= 4 is 17.5 Å². The van der Waals surface area contributed by atoms with E-state index in [9.17, 15) is 22.8 Å². The van der Waals surface area contributed by atoms with Gasteiger partial charge in [0.05, 0.1) is 12.7 Å². The van der Waals surface area contributed by atoms with Crippen LogP contribution in [0.15, 0.2) is 42.5 Å². The number of halogens is 3. The number of benzene rings is 2. The highest BCUT2D eigenvalue weighted by atomic mass is 19.2. The Morgan fingerprint density at radius 2 is 1.70 bits per heavy atom. The predicted octanol–water partition coefficient (Wildman–Crippen LogP) is 2.26. The summed E-state index contributed by atoms with van der Waals surface area (Å²) in [6, 6.07) is 11.0. The summed E-state index contributed by atoms with van der Waals surface area (Å²) < 4.78 is 40.0. The molecule has 0 saturated heterocycles. The number of carbonyl (C=O) groups is 2. The number of amides is 2. The lowest BCUT2D eigenvalue weighted by Gasteiger charge is -2.22. The van der Waals surface area contributed by atoms with Crippen LogP contribution in [0.3, 0.4) is 0 Å². The van der Waals surface area contributed by atoms with Crippen LogP contribution in [0, 0.1) is 17.5 Å². The third kappa shape index (κ3) is 6.06. The van der Waals surface area contributed by atoms with Crippen molar-refractivity contribution in [2.45, 2.75) is 32.2 Å². The largest absolute Gasteiger partial charge is 0.350 e. The Hall–Kier alpha value is -2.87. The standard InChI is InChI=1S/C22H26F3N3O2/c1-4-15(16-8-6-5-7-9-16)12-26-22(30)14(2)28(3)13-19(29)27-18-11-10-17(23)20(24)21(18)25/h5-11,14-15H,4,12-13H2,1-3H3,(H,26,30)(H,27,29)/p+1/t14-,15+/m1/s1. The molecule has 0 heterocycles. The molecule has 2 rings (SSSR count). The second-order valence-electron chi connectivity index (χ2n) is 7.28. The average molecular weight is 422 g/mol. The highest BCUT2D eigenvalue weighted by molar-refractivity contribution is 5.91. The Bertz CT molecular complexity index is 877. The van der Waals surface area contributed by atoms with E-state index in [4.69, 9.17) is 0 Å². The summed E-state index contributed by atoms with van der Waals surface area (Å²) in [5.41, 5.74) is 0.694. The van der Waals surface area contributed by atoms with E-state index >= 15 is 0 Å². The van der Waals surface area contributed by atoms with Crippen LogP contribution < -0.4 is 15.5 Å². The number of likely N-dealkylation sites (N-methyl/N-ethyl adjacent to an activating group) is 1. The zero-order chi connectivity index (χ0) is 22.3.